The lowest BCUT2D eigenvalue weighted by Gasteiger charge is -2.57. The van der Waals surface area contributed by atoms with Gasteiger partial charge in [0.15, 0.2) is 0 Å². The van der Waals surface area contributed by atoms with Gasteiger partial charge in [0.1, 0.15) is 4.88 Å². The summed E-state index contributed by atoms with van der Waals surface area (Å²) in [7, 11) is 0. The van der Waals surface area contributed by atoms with E-state index >= 15 is 0 Å². The number of halogens is 1. The van der Waals surface area contributed by atoms with Gasteiger partial charge in [-0.2, -0.15) is 0 Å². The number of carbonyl (C=O) groups excluding carboxylic acids is 1. The lowest BCUT2D eigenvalue weighted by Crippen LogP contribution is -2.53. The second kappa shape index (κ2) is 6.75. The molecule has 0 radical (unpaired) electrons. The molecule has 6 rings (SSSR count). The van der Waals surface area contributed by atoms with E-state index in [0.29, 0.717) is 16.4 Å². The minimum atomic E-state index is -0.0952. The Kier molecular flexibility index (Phi) is 4.49. The largest absolute Gasteiger partial charge is 0.370 e. The van der Waals surface area contributed by atoms with Crippen molar-refractivity contribution in [3.05, 3.63) is 34.2 Å². The van der Waals surface area contributed by atoms with Crippen LogP contribution in [0.4, 0.5) is 0 Å². The lowest BCUT2D eigenvalue weighted by molar-refractivity contribution is -0.182. The fraction of sp³-hybridized carbons (Fsp3) is 0.591. The standard InChI is InChI=1S/C22H26ClNO2S/c1-13(26-22-9-14-6-15(10-22)8-16(7-14)11-22)12-24-21(25)20-19(23)17-4-2-3-5-18(17)27-20/h2-5,13-16H,6-12H2,1H3,(H,24,25). The molecule has 4 fully saturated rings. The summed E-state index contributed by atoms with van der Waals surface area (Å²) in [6, 6.07) is 7.88. The van der Waals surface area contributed by atoms with Crippen LogP contribution in [0, 0.1) is 17.8 Å². The highest BCUT2D eigenvalue weighted by atomic mass is 35.5. The summed E-state index contributed by atoms with van der Waals surface area (Å²) in [6.07, 6.45) is 7.94. The Balaban J connectivity index is 1.22. The first-order valence-corrected chi connectivity index (χ1v) is 11.3. The number of hydrogen-bond donors (Lipinski definition) is 1. The van der Waals surface area contributed by atoms with Crippen LogP contribution < -0.4 is 5.32 Å². The normalized spacial score (nSPS) is 32.7. The molecule has 4 bridgehead atoms. The van der Waals surface area contributed by atoms with Crippen molar-refractivity contribution in [2.75, 3.05) is 6.54 Å². The molecule has 1 atom stereocenters. The molecule has 1 unspecified atom stereocenters. The third-order valence-corrected chi connectivity index (χ3v) is 8.40. The molecule has 3 nitrogen and oxygen atoms in total. The van der Waals surface area contributed by atoms with Crippen molar-refractivity contribution in [3.8, 4) is 0 Å². The van der Waals surface area contributed by atoms with Gasteiger partial charge in [0, 0.05) is 16.6 Å². The summed E-state index contributed by atoms with van der Waals surface area (Å²) < 4.78 is 7.63. The lowest BCUT2D eigenvalue weighted by atomic mass is 9.54. The Labute approximate surface area is 169 Å². The Morgan fingerprint density at radius 1 is 1.22 bits per heavy atom. The summed E-state index contributed by atoms with van der Waals surface area (Å²) >= 11 is 7.88. The molecule has 4 aliphatic carbocycles. The second-order valence-corrected chi connectivity index (χ2v) is 10.4. The Bertz CT molecular complexity index is 841. The molecule has 0 saturated heterocycles. The molecule has 1 heterocycles. The van der Waals surface area contributed by atoms with Gasteiger partial charge in [-0.3, -0.25) is 4.79 Å². The van der Waals surface area contributed by atoms with E-state index in [0.717, 1.165) is 27.8 Å². The molecular weight excluding hydrogens is 378 g/mol. The Hall–Kier alpha value is -1.10. The van der Waals surface area contributed by atoms with Crippen LogP contribution in [0.25, 0.3) is 10.1 Å². The maximum Gasteiger partial charge on any atom is 0.263 e. The first kappa shape index (κ1) is 18.0. The zero-order valence-corrected chi connectivity index (χ0v) is 17.2. The molecule has 0 aliphatic heterocycles. The molecule has 0 spiro atoms. The summed E-state index contributed by atoms with van der Waals surface area (Å²) in [4.78, 5) is 13.3. The third-order valence-electron chi connectivity index (χ3n) is 6.72. The van der Waals surface area contributed by atoms with E-state index in [2.05, 4.69) is 12.2 Å². The number of amides is 1. The van der Waals surface area contributed by atoms with Crippen LogP contribution in [0.1, 0.15) is 55.1 Å². The van der Waals surface area contributed by atoms with Gasteiger partial charge in [0.25, 0.3) is 5.91 Å². The molecule has 1 amide bonds. The van der Waals surface area contributed by atoms with E-state index < -0.39 is 0 Å². The van der Waals surface area contributed by atoms with Gasteiger partial charge in [-0.25, -0.2) is 0 Å². The van der Waals surface area contributed by atoms with Gasteiger partial charge in [0.05, 0.1) is 16.7 Å². The quantitative estimate of drug-likeness (QED) is 0.699. The van der Waals surface area contributed by atoms with Crippen molar-refractivity contribution in [1.29, 1.82) is 0 Å². The van der Waals surface area contributed by atoms with Crippen molar-refractivity contribution < 1.29 is 9.53 Å². The van der Waals surface area contributed by atoms with Crippen molar-refractivity contribution >= 4 is 38.9 Å². The van der Waals surface area contributed by atoms with Crippen LogP contribution >= 0.6 is 22.9 Å². The number of carbonyl (C=O) groups is 1. The topological polar surface area (TPSA) is 38.3 Å². The first-order valence-electron chi connectivity index (χ1n) is 10.1. The van der Waals surface area contributed by atoms with Gasteiger partial charge in [-0.15, -0.1) is 11.3 Å². The van der Waals surface area contributed by atoms with Gasteiger partial charge in [0.2, 0.25) is 0 Å². The average Bonchev–Trinajstić information content (AvgIpc) is 2.95. The third kappa shape index (κ3) is 3.30. The minimum Gasteiger partial charge on any atom is -0.370 e. The van der Waals surface area contributed by atoms with E-state index in [-0.39, 0.29) is 17.6 Å². The SMILES string of the molecule is CC(CNC(=O)c1sc2ccccc2c1Cl)OC12CC3CC(CC(C3)C1)C2. The first-order chi connectivity index (χ1) is 13.0. The zero-order valence-electron chi connectivity index (χ0n) is 15.7. The number of ether oxygens (including phenoxy) is 1. The second-order valence-electron chi connectivity index (χ2n) is 8.98. The van der Waals surface area contributed by atoms with E-state index in [1.54, 1.807) is 0 Å². The fourth-order valence-electron chi connectivity index (χ4n) is 6.12. The van der Waals surface area contributed by atoms with Gasteiger partial charge >= 0.3 is 0 Å². The van der Waals surface area contributed by atoms with Gasteiger partial charge in [-0.05, 0) is 69.3 Å². The Morgan fingerprint density at radius 2 is 1.85 bits per heavy atom. The van der Waals surface area contributed by atoms with Gasteiger partial charge in [-0.1, -0.05) is 29.8 Å². The maximum absolute atomic E-state index is 12.7. The van der Waals surface area contributed by atoms with Gasteiger partial charge < -0.3 is 10.1 Å². The number of hydrogen-bond acceptors (Lipinski definition) is 3. The molecule has 1 N–H and O–H groups in total. The van der Waals surface area contributed by atoms with Crippen LogP contribution in [-0.4, -0.2) is 24.2 Å². The van der Waals surface area contributed by atoms with Crippen LogP contribution in [0.15, 0.2) is 24.3 Å². The highest BCUT2D eigenvalue weighted by Crippen LogP contribution is 2.57. The summed E-state index contributed by atoms with van der Waals surface area (Å²) in [5, 5.41) is 4.55. The molecule has 4 saturated carbocycles. The molecule has 1 aromatic heterocycles. The number of rotatable bonds is 5. The van der Waals surface area contributed by atoms with E-state index in [9.17, 15) is 4.79 Å². The highest BCUT2D eigenvalue weighted by Gasteiger charge is 2.52. The van der Waals surface area contributed by atoms with E-state index in [1.165, 1.54) is 49.9 Å². The van der Waals surface area contributed by atoms with Crippen LogP contribution in [0.3, 0.4) is 0 Å². The maximum atomic E-state index is 12.7. The van der Waals surface area contributed by atoms with Crippen molar-refractivity contribution in [1.82, 2.24) is 5.32 Å². The number of fused-ring (bicyclic) bond motifs is 1. The van der Waals surface area contributed by atoms with Crippen LogP contribution in [0.2, 0.25) is 5.02 Å². The van der Waals surface area contributed by atoms with E-state index in [1.807, 2.05) is 24.3 Å². The molecule has 2 aromatic rings. The molecule has 144 valence electrons. The van der Waals surface area contributed by atoms with Crippen molar-refractivity contribution in [2.24, 2.45) is 17.8 Å². The van der Waals surface area contributed by atoms with Crippen LogP contribution in [0.5, 0.6) is 0 Å². The zero-order chi connectivity index (χ0) is 18.6. The van der Waals surface area contributed by atoms with E-state index in [4.69, 9.17) is 16.3 Å². The number of benzene rings is 1. The smallest absolute Gasteiger partial charge is 0.263 e. The minimum absolute atomic E-state index is 0.0263. The molecule has 27 heavy (non-hydrogen) atoms. The summed E-state index contributed by atoms with van der Waals surface area (Å²) in [5.74, 6) is 2.52. The average molecular weight is 404 g/mol. The van der Waals surface area contributed by atoms with Crippen LogP contribution in [-0.2, 0) is 4.74 Å². The van der Waals surface area contributed by atoms with Crippen molar-refractivity contribution in [2.45, 2.75) is 57.2 Å². The summed E-state index contributed by atoms with van der Waals surface area (Å²) in [5.41, 5.74) is 0.0775. The number of thiophene rings is 1. The molecular formula is C22H26ClNO2S. The van der Waals surface area contributed by atoms with Crippen molar-refractivity contribution in [3.63, 3.8) is 0 Å². The number of nitrogens with one attached hydrogen (secondary N) is 1. The predicted molar refractivity (Wildman–Crippen MR) is 111 cm³/mol. The predicted octanol–water partition coefficient (Wildman–Crippen LogP) is 5.66. The fourth-order valence-corrected chi connectivity index (χ4v) is 7.55. The monoisotopic (exact) mass is 403 g/mol. The highest BCUT2D eigenvalue weighted by molar-refractivity contribution is 7.21. The molecule has 4 aliphatic rings. The summed E-state index contributed by atoms with van der Waals surface area (Å²) in [6.45, 7) is 2.62. The molecule has 5 heteroatoms. The Morgan fingerprint density at radius 3 is 2.48 bits per heavy atom. The molecule has 1 aromatic carbocycles.